The molecule has 0 bridgehead atoms. The van der Waals surface area contributed by atoms with Crippen molar-refractivity contribution in [2.75, 3.05) is 12.3 Å². The van der Waals surface area contributed by atoms with Gasteiger partial charge in [0.25, 0.3) is 0 Å². The second kappa shape index (κ2) is 5.38. The summed E-state index contributed by atoms with van der Waals surface area (Å²) < 4.78 is 0.954. The zero-order valence-electron chi connectivity index (χ0n) is 5.23. The average molecular weight is 149 g/mol. The van der Waals surface area contributed by atoms with Crippen molar-refractivity contribution < 1.29 is 0 Å². The van der Waals surface area contributed by atoms with E-state index in [1.807, 2.05) is 13.8 Å². The van der Waals surface area contributed by atoms with Crippen molar-refractivity contribution in [1.82, 2.24) is 5.32 Å². The minimum Gasteiger partial charge on any atom is -0.370 e. The Balaban J connectivity index is 0.000000222. The first-order valence-corrected chi connectivity index (χ1v) is 4.19. The highest BCUT2D eigenvalue weighted by Gasteiger charge is 2.01. The Labute approximate surface area is 60.2 Å². The van der Waals surface area contributed by atoms with E-state index in [-0.39, 0.29) is 0 Å². The fourth-order valence-electron chi connectivity index (χ4n) is 0.348. The topological polar surface area (TPSA) is 12.0 Å². The highest BCUT2D eigenvalue weighted by Crippen LogP contribution is 2.05. The summed E-state index contributed by atoms with van der Waals surface area (Å²) in [7, 11) is 0. The zero-order chi connectivity index (χ0) is 6.41. The maximum Gasteiger partial charge on any atom is 0.133 e. The molecule has 1 rings (SSSR count). The largest absolute Gasteiger partial charge is 0.370 e. The van der Waals surface area contributed by atoms with Crippen LogP contribution in [0.15, 0.2) is 0 Å². The van der Waals surface area contributed by atoms with Crippen LogP contribution in [0.1, 0.15) is 13.8 Å². The summed E-state index contributed by atoms with van der Waals surface area (Å²) in [6.07, 6.45) is 0. The Bertz CT molecular complexity index is 64.8. The number of hydrogen-bond donors (Lipinski definition) is 1. The van der Waals surface area contributed by atoms with Gasteiger partial charge in [0.15, 0.2) is 0 Å². The van der Waals surface area contributed by atoms with Gasteiger partial charge >= 0.3 is 0 Å². The van der Waals surface area contributed by atoms with Crippen LogP contribution in [0, 0.1) is 0 Å². The molecule has 1 heterocycles. The molecule has 0 saturated carbocycles. The van der Waals surface area contributed by atoms with Crippen molar-refractivity contribution in [3.63, 3.8) is 0 Å². The average Bonchev–Trinajstić information content (AvgIpc) is 2.24. The van der Waals surface area contributed by atoms with Gasteiger partial charge in [0, 0.05) is 12.3 Å². The number of hydrogen-bond acceptors (Lipinski definition) is 2. The van der Waals surface area contributed by atoms with Crippen LogP contribution in [0.5, 0.6) is 0 Å². The van der Waals surface area contributed by atoms with Crippen LogP contribution in [0.25, 0.3) is 0 Å². The van der Waals surface area contributed by atoms with Crippen molar-refractivity contribution in [2.45, 2.75) is 13.8 Å². The Hall–Kier alpha value is 0.240. The Morgan fingerprint density at radius 2 is 2.25 bits per heavy atom. The second-order valence-electron chi connectivity index (χ2n) is 1.06. The summed E-state index contributed by atoms with van der Waals surface area (Å²) >= 11 is 6.49. The molecule has 0 radical (unpaired) electrons. The van der Waals surface area contributed by atoms with E-state index in [1.54, 1.807) is 11.8 Å². The number of nitrogens with one attached hydrogen (secondary N) is 1. The Kier molecular flexibility index (Phi) is 5.54. The van der Waals surface area contributed by atoms with E-state index >= 15 is 0 Å². The summed E-state index contributed by atoms with van der Waals surface area (Å²) in [6.45, 7) is 5.06. The lowest BCUT2D eigenvalue weighted by molar-refractivity contribution is 1.03. The third-order valence-corrected chi connectivity index (χ3v) is 1.92. The molecule has 1 aliphatic heterocycles. The highest BCUT2D eigenvalue weighted by molar-refractivity contribution is 8.23. The van der Waals surface area contributed by atoms with Gasteiger partial charge in [-0.3, -0.25) is 0 Å². The first-order valence-electron chi connectivity index (χ1n) is 2.80. The SMILES string of the molecule is CC.S=C1NCCS1. The lowest BCUT2D eigenvalue weighted by Gasteiger charge is -1.82. The summed E-state index contributed by atoms with van der Waals surface area (Å²) in [4.78, 5) is 0. The first kappa shape index (κ1) is 8.24. The van der Waals surface area contributed by atoms with E-state index in [0.717, 1.165) is 16.6 Å². The van der Waals surface area contributed by atoms with Crippen LogP contribution >= 0.6 is 24.0 Å². The lowest BCUT2D eigenvalue weighted by Crippen LogP contribution is -2.09. The third kappa shape index (κ3) is 3.27. The minimum atomic E-state index is 0.954. The molecule has 8 heavy (non-hydrogen) atoms. The predicted octanol–water partition coefficient (Wildman–Crippen LogP) is 1.63. The molecule has 0 atom stereocenters. The molecule has 0 spiro atoms. The fraction of sp³-hybridized carbons (Fsp3) is 0.800. The van der Waals surface area contributed by atoms with Gasteiger partial charge in [-0.2, -0.15) is 0 Å². The van der Waals surface area contributed by atoms with E-state index in [0.29, 0.717) is 0 Å². The Morgan fingerprint density at radius 3 is 2.38 bits per heavy atom. The molecule has 0 aromatic heterocycles. The van der Waals surface area contributed by atoms with Crippen LogP contribution in [-0.2, 0) is 0 Å². The van der Waals surface area contributed by atoms with Gasteiger partial charge in [-0.15, -0.1) is 0 Å². The quantitative estimate of drug-likeness (QED) is 0.526. The zero-order valence-corrected chi connectivity index (χ0v) is 6.86. The molecule has 0 aromatic carbocycles. The van der Waals surface area contributed by atoms with Gasteiger partial charge in [-0.05, 0) is 0 Å². The van der Waals surface area contributed by atoms with E-state index in [2.05, 4.69) is 5.32 Å². The number of thiocarbonyl (C=S) groups is 1. The molecule has 1 aliphatic rings. The van der Waals surface area contributed by atoms with Crippen molar-refractivity contribution in [3.05, 3.63) is 0 Å². The molecule has 3 heteroatoms. The van der Waals surface area contributed by atoms with Gasteiger partial charge in [0.1, 0.15) is 4.32 Å². The van der Waals surface area contributed by atoms with Crippen LogP contribution < -0.4 is 5.32 Å². The van der Waals surface area contributed by atoms with Gasteiger partial charge in [0.2, 0.25) is 0 Å². The monoisotopic (exact) mass is 149 g/mol. The van der Waals surface area contributed by atoms with Crippen LogP contribution in [-0.4, -0.2) is 16.6 Å². The van der Waals surface area contributed by atoms with Crippen LogP contribution in [0.4, 0.5) is 0 Å². The van der Waals surface area contributed by atoms with E-state index < -0.39 is 0 Å². The first-order chi connectivity index (χ1) is 3.89. The van der Waals surface area contributed by atoms with Crippen LogP contribution in [0.2, 0.25) is 0 Å². The van der Waals surface area contributed by atoms with Gasteiger partial charge in [-0.1, -0.05) is 37.8 Å². The molecule has 1 saturated heterocycles. The van der Waals surface area contributed by atoms with E-state index in [9.17, 15) is 0 Å². The van der Waals surface area contributed by atoms with Gasteiger partial charge in [-0.25, -0.2) is 0 Å². The van der Waals surface area contributed by atoms with Gasteiger partial charge < -0.3 is 5.32 Å². The summed E-state index contributed by atoms with van der Waals surface area (Å²) in [6, 6.07) is 0. The molecular formula is C5H11NS2. The molecular weight excluding hydrogens is 138 g/mol. The molecule has 0 unspecified atom stereocenters. The predicted molar refractivity (Wildman–Crippen MR) is 44.4 cm³/mol. The van der Waals surface area contributed by atoms with Crippen molar-refractivity contribution >= 4 is 28.3 Å². The summed E-state index contributed by atoms with van der Waals surface area (Å²) in [5.41, 5.74) is 0. The number of thioether (sulfide) groups is 1. The van der Waals surface area contributed by atoms with Crippen molar-refractivity contribution in [1.29, 1.82) is 0 Å². The smallest absolute Gasteiger partial charge is 0.133 e. The molecule has 1 fully saturated rings. The molecule has 1 nitrogen and oxygen atoms in total. The number of rotatable bonds is 0. The molecule has 48 valence electrons. The molecule has 0 aromatic rings. The van der Waals surface area contributed by atoms with E-state index in [4.69, 9.17) is 12.2 Å². The van der Waals surface area contributed by atoms with Crippen LogP contribution in [0.3, 0.4) is 0 Å². The van der Waals surface area contributed by atoms with Gasteiger partial charge in [0.05, 0.1) is 0 Å². The van der Waals surface area contributed by atoms with E-state index in [1.165, 1.54) is 0 Å². The fourth-order valence-corrected chi connectivity index (χ4v) is 1.29. The third-order valence-electron chi connectivity index (χ3n) is 0.605. The minimum absolute atomic E-state index is 0.954. The molecule has 0 amide bonds. The normalized spacial score (nSPS) is 16.5. The molecule has 1 N–H and O–H groups in total. The highest BCUT2D eigenvalue weighted by atomic mass is 32.2. The van der Waals surface area contributed by atoms with Crippen molar-refractivity contribution in [3.8, 4) is 0 Å². The summed E-state index contributed by atoms with van der Waals surface area (Å²) in [5.74, 6) is 1.15. The lowest BCUT2D eigenvalue weighted by atomic mass is 10.8. The summed E-state index contributed by atoms with van der Waals surface area (Å²) in [5, 5.41) is 3.01. The maximum atomic E-state index is 4.77. The van der Waals surface area contributed by atoms with Crippen molar-refractivity contribution in [2.24, 2.45) is 0 Å². The maximum absolute atomic E-state index is 4.77. The Morgan fingerprint density at radius 1 is 1.62 bits per heavy atom. The molecule has 0 aliphatic carbocycles. The standard InChI is InChI=1S/C3H5NS2.C2H6/c5-3-4-1-2-6-3;1-2/h1-2H2,(H,4,5);1-2H3. The second-order valence-corrected chi connectivity index (χ2v) is 2.83.